The lowest BCUT2D eigenvalue weighted by atomic mass is 9.95. The molecule has 0 unspecified atom stereocenters. The average molecular weight is 728 g/mol. The van der Waals surface area contributed by atoms with Gasteiger partial charge < -0.3 is 20.7 Å². The van der Waals surface area contributed by atoms with Gasteiger partial charge in [0.2, 0.25) is 0 Å². The highest BCUT2D eigenvalue weighted by atomic mass is 35.5. The second-order valence-electron chi connectivity index (χ2n) is 12.9. The number of anilines is 2. The van der Waals surface area contributed by atoms with Crippen molar-refractivity contribution in [1.82, 2.24) is 44.4 Å². The number of hydrogen-bond donors (Lipinski definition) is 2. The van der Waals surface area contributed by atoms with E-state index in [0.717, 1.165) is 30.7 Å². The number of nitrogens with one attached hydrogen (secondary N) is 1. The number of aromatic nitrogens is 6. The van der Waals surface area contributed by atoms with Gasteiger partial charge in [-0.05, 0) is 37.6 Å². The van der Waals surface area contributed by atoms with E-state index in [0.29, 0.717) is 63.4 Å². The van der Waals surface area contributed by atoms with E-state index in [1.54, 1.807) is 11.0 Å². The highest BCUT2D eigenvalue weighted by molar-refractivity contribution is 7.22. The minimum atomic E-state index is -0.939. The molecular weight excluding hydrogens is 695 g/mol. The Morgan fingerprint density at radius 2 is 1.98 bits per heavy atom. The number of halogens is 4. The van der Waals surface area contributed by atoms with Crippen molar-refractivity contribution < 1.29 is 22.7 Å². The van der Waals surface area contributed by atoms with Crippen LogP contribution < -0.4 is 15.8 Å². The van der Waals surface area contributed by atoms with Gasteiger partial charge in [0.1, 0.15) is 42.6 Å². The molecule has 262 valence electrons. The Bertz CT molecular complexity index is 2080. The van der Waals surface area contributed by atoms with E-state index in [1.165, 1.54) is 29.5 Å². The summed E-state index contributed by atoms with van der Waals surface area (Å²) in [5.41, 5.74) is 5.86. The smallest absolute Gasteiger partial charge is 0.346 e. The molecule has 3 saturated heterocycles. The van der Waals surface area contributed by atoms with Crippen LogP contribution in [0.3, 0.4) is 0 Å². The quantitative estimate of drug-likeness (QED) is 0.230. The van der Waals surface area contributed by atoms with Crippen LogP contribution in [0.15, 0.2) is 30.9 Å². The lowest BCUT2D eigenvalue weighted by Gasteiger charge is -2.34. The lowest BCUT2D eigenvalue weighted by molar-refractivity contribution is 0.107. The molecule has 1 amide bonds. The van der Waals surface area contributed by atoms with Crippen LogP contribution in [-0.2, 0) is 0 Å². The van der Waals surface area contributed by atoms with E-state index < -0.39 is 23.3 Å². The van der Waals surface area contributed by atoms with Gasteiger partial charge >= 0.3 is 12.0 Å². The number of thiazole rings is 1. The molecule has 3 aliphatic heterocycles. The van der Waals surface area contributed by atoms with Gasteiger partial charge in [-0.2, -0.15) is 19.7 Å². The molecule has 0 radical (unpaired) electrons. The molecule has 3 aromatic heterocycles. The standard InChI is InChI=1S/C32H33ClF3N11O2S/c33-21-12-20-25(24(36)23(21)19-2-3-22(35)27-26(19)41-29(37)50-27)42-30(49-15-32-4-1-6-46(32)14-18(34)13-32)43-28(20)39-5-7-44-8-10-45(11-9-44)31(48)47-17-38-16-40-47/h2-3,12,16-18H,1,4-11,13-15H2,(H2,37,41)(H,39,42,43)/t18-,32+/m1/s1. The maximum Gasteiger partial charge on any atom is 0.346 e. The van der Waals surface area contributed by atoms with Gasteiger partial charge in [0.15, 0.2) is 10.9 Å². The predicted octanol–water partition coefficient (Wildman–Crippen LogP) is 4.66. The van der Waals surface area contributed by atoms with Crippen molar-refractivity contribution in [1.29, 1.82) is 0 Å². The van der Waals surface area contributed by atoms with Gasteiger partial charge in [-0.25, -0.2) is 27.9 Å². The number of carbonyl (C=O) groups excluding carboxylic acids is 1. The van der Waals surface area contributed by atoms with Crippen molar-refractivity contribution >= 4 is 61.0 Å². The Kier molecular flexibility index (Phi) is 8.61. The maximum absolute atomic E-state index is 16.7. The third-order valence-electron chi connectivity index (χ3n) is 9.85. The molecule has 2 atom stereocenters. The van der Waals surface area contributed by atoms with Gasteiger partial charge in [-0.15, -0.1) is 0 Å². The Balaban J connectivity index is 1.08. The third kappa shape index (κ3) is 5.95. The first-order chi connectivity index (χ1) is 24.2. The highest BCUT2D eigenvalue weighted by Crippen LogP contribution is 2.43. The zero-order valence-electron chi connectivity index (χ0n) is 26.8. The fourth-order valence-electron chi connectivity index (χ4n) is 7.41. The largest absolute Gasteiger partial charge is 0.461 e. The number of hydrogen-bond acceptors (Lipinski definition) is 12. The summed E-state index contributed by atoms with van der Waals surface area (Å²) in [5.74, 6) is -0.957. The van der Waals surface area contributed by atoms with E-state index in [-0.39, 0.29) is 55.7 Å². The van der Waals surface area contributed by atoms with E-state index in [4.69, 9.17) is 22.1 Å². The van der Waals surface area contributed by atoms with Crippen LogP contribution in [0.2, 0.25) is 5.02 Å². The van der Waals surface area contributed by atoms with Gasteiger partial charge in [0, 0.05) is 68.7 Å². The Morgan fingerprint density at radius 3 is 2.78 bits per heavy atom. The molecule has 13 nitrogen and oxygen atoms in total. The first-order valence-corrected chi connectivity index (χ1v) is 17.6. The molecule has 50 heavy (non-hydrogen) atoms. The summed E-state index contributed by atoms with van der Waals surface area (Å²) in [5, 5.41) is 7.76. The molecule has 3 aliphatic rings. The number of benzene rings is 2. The second kappa shape index (κ2) is 13.1. The topological polar surface area (TPSA) is 143 Å². The number of amides is 1. The molecule has 0 bridgehead atoms. The van der Waals surface area contributed by atoms with Crippen molar-refractivity contribution in [2.24, 2.45) is 0 Å². The van der Waals surface area contributed by atoms with Crippen molar-refractivity contribution in [3.63, 3.8) is 0 Å². The lowest BCUT2D eigenvalue weighted by Crippen LogP contribution is -2.50. The number of nitrogen functional groups attached to an aromatic ring is 1. The number of carbonyl (C=O) groups is 1. The van der Waals surface area contributed by atoms with E-state index in [2.05, 4.69) is 40.2 Å². The fraction of sp³-hybridized carbons (Fsp3) is 0.438. The van der Waals surface area contributed by atoms with E-state index >= 15 is 4.39 Å². The van der Waals surface area contributed by atoms with Crippen LogP contribution >= 0.6 is 22.9 Å². The van der Waals surface area contributed by atoms with Crippen molar-refractivity contribution in [2.75, 3.05) is 70.0 Å². The molecular formula is C32H33ClF3N11O2S. The highest BCUT2D eigenvalue weighted by Gasteiger charge is 2.49. The van der Waals surface area contributed by atoms with E-state index in [1.807, 2.05) is 0 Å². The first kappa shape index (κ1) is 32.9. The van der Waals surface area contributed by atoms with Crippen LogP contribution in [0.5, 0.6) is 6.01 Å². The van der Waals surface area contributed by atoms with Crippen molar-refractivity contribution in [3.05, 3.63) is 47.5 Å². The number of alkyl halides is 1. The number of fused-ring (bicyclic) bond motifs is 3. The molecule has 0 saturated carbocycles. The normalized spacial score (nSPS) is 21.4. The summed E-state index contributed by atoms with van der Waals surface area (Å²) in [6, 6.07) is 3.94. The SMILES string of the molecule is Nc1nc2c(-c3c(Cl)cc4c(NCCN5CCN(C(=O)n6cncn6)CC5)nc(OC[C@@]56CCCN5C[C@H](F)C6)nc4c3F)ccc(F)c2s1. The molecule has 18 heteroatoms. The number of ether oxygens (including phenoxy) is 1. The zero-order chi connectivity index (χ0) is 34.6. The number of nitrogens with two attached hydrogens (primary N) is 1. The van der Waals surface area contributed by atoms with Crippen LogP contribution in [0, 0.1) is 11.6 Å². The number of rotatable bonds is 8. The predicted molar refractivity (Wildman–Crippen MR) is 183 cm³/mol. The van der Waals surface area contributed by atoms with E-state index in [9.17, 15) is 13.6 Å². The maximum atomic E-state index is 16.7. The third-order valence-corrected chi connectivity index (χ3v) is 11.0. The molecule has 6 heterocycles. The molecule has 8 rings (SSSR count). The molecule has 5 aromatic rings. The summed E-state index contributed by atoms with van der Waals surface area (Å²) in [4.78, 5) is 35.9. The summed E-state index contributed by atoms with van der Waals surface area (Å²) >= 11 is 7.72. The second-order valence-corrected chi connectivity index (χ2v) is 14.3. The van der Waals surface area contributed by atoms with Crippen LogP contribution in [0.1, 0.15) is 19.3 Å². The van der Waals surface area contributed by atoms with Crippen LogP contribution in [0.25, 0.3) is 32.2 Å². The van der Waals surface area contributed by atoms with Gasteiger partial charge in [0.25, 0.3) is 0 Å². The number of piperazine rings is 1. The summed E-state index contributed by atoms with van der Waals surface area (Å²) in [6.07, 6.45) is 3.84. The average Bonchev–Trinajstić information content (AvgIpc) is 3.90. The Labute approximate surface area is 293 Å². The van der Waals surface area contributed by atoms with Gasteiger partial charge in [-0.1, -0.05) is 22.9 Å². The van der Waals surface area contributed by atoms with Gasteiger partial charge in [-0.3, -0.25) is 9.80 Å². The molecule has 0 spiro atoms. The van der Waals surface area contributed by atoms with Crippen LogP contribution in [0.4, 0.5) is 28.9 Å². The van der Waals surface area contributed by atoms with Gasteiger partial charge in [0.05, 0.1) is 20.8 Å². The molecule has 3 fully saturated rings. The fourth-order valence-corrected chi connectivity index (χ4v) is 8.47. The minimum Gasteiger partial charge on any atom is -0.461 e. The van der Waals surface area contributed by atoms with Crippen molar-refractivity contribution in [3.8, 4) is 17.1 Å². The minimum absolute atomic E-state index is 0.00000320. The summed E-state index contributed by atoms with van der Waals surface area (Å²) < 4.78 is 53.4. The summed E-state index contributed by atoms with van der Waals surface area (Å²) in [6.45, 7) is 4.70. The molecule has 3 N–H and O–H groups in total. The molecule has 2 aromatic carbocycles. The Morgan fingerprint density at radius 1 is 1.14 bits per heavy atom. The summed E-state index contributed by atoms with van der Waals surface area (Å²) in [7, 11) is 0. The molecule has 0 aliphatic carbocycles. The Hall–Kier alpha value is -4.32. The number of nitrogens with zero attached hydrogens (tertiary/aromatic N) is 9. The van der Waals surface area contributed by atoms with Crippen LogP contribution in [-0.4, -0.2) is 121 Å². The zero-order valence-corrected chi connectivity index (χ0v) is 28.4. The van der Waals surface area contributed by atoms with Crippen molar-refractivity contribution in [2.45, 2.75) is 31.0 Å². The first-order valence-electron chi connectivity index (χ1n) is 16.4. The monoisotopic (exact) mass is 727 g/mol.